The molecule has 3 aromatic rings. The normalized spacial score (nSPS) is 12.3. The molecule has 0 aliphatic carbocycles. The highest BCUT2D eigenvalue weighted by Crippen LogP contribution is 2.33. The first-order valence-electron chi connectivity index (χ1n) is 14.0. The number of hydrogen-bond acceptors (Lipinski definition) is 6. The highest BCUT2D eigenvalue weighted by atomic mass is 35.5. The lowest BCUT2D eigenvalue weighted by Gasteiger charge is -2.35. The summed E-state index contributed by atoms with van der Waals surface area (Å²) in [6, 6.07) is 18.7. The van der Waals surface area contributed by atoms with Crippen molar-refractivity contribution in [1.29, 1.82) is 0 Å². The molecule has 1 unspecified atom stereocenters. The van der Waals surface area contributed by atoms with E-state index in [-0.39, 0.29) is 29.6 Å². The highest BCUT2D eigenvalue weighted by molar-refractivity contribution is 7.92. The number of sulfonamides is 1. The third kappa shape index (κ3) is 8.87. The molecule has 0 aliphatic rings. The lowest BCUT2D eigenvalue weighted by molar-refractivity contribution is -0.141. The molecule has 0 fully saturated rings. The van der Waals surface area contributed by atoms with Gasteiger partial charge in [0.15, 0.2) is 0 Å². The molecule has 11 heteroatoms. The van der Waals surface area contributed by atoms with Gasteiger partial charge in [-0.05, 0) is 88.2 Å². The van der Waals surface area contributed by atoms with Crippen molar-refractivity contribution in [2.45, 2.75) is 64.1 Å². The molecule has 232 valence electrons. The molecule has 0 saturated carbocycles. The zero-order valence-electron chi connectivity index (χ0n) is 25.5. The average molecular weight is 630 g/mol. The standard InChI is InChI=1S/C32H40ClN3O6S/c1-7-27(31(38)34-32(3,4)5)35(21-23-12-11-13-25(20-23)41-6)30(37)22-36(28-14-9-10-15-29(28)42-8-2)43(39,40)26-18-16-24(33)17-19-26/h9-20,27H,7-8,21-22H2,1-6H3,(H,34,38). The van der Waals surface area contributed by atoms with Crippen LogP contribution >= 0.6 is 11.6 Å². The molecule has 0 heterocycles. The van der Waals surface area contributed by atoms with Gasteiger partial charge in [0, 0.05) is 17.1 Å². The molecule has 1 N–H and O–H groups in total. The summed E-state index contributed by atoms with van der Waals surface area (Å²) < 4.78 is 40.4. The first kappa shape index (κ1) is 33.7. The summed E-state index contributed by atoms with van der Waals surface area (Å²) in [5.74, 6) is -0.0162. The van der Waals surface area contributed by atoms with Crippen LogP contribution in [0.2, 0.25) is 5.02 Å². The van der Waals surface area contributed by atoms with Crippen molar-refractivity contribution in [2.24, 2.45) is 0 Å². The van der Waals surface area contributed by atoms with Crippen LogP contribution in [0.3, 0.4) is 0 Å². The Morgan fingerprint density at radius 3 is 2.26 bits per heavy atom. The van der Waals surface area contributed by atoms with Crippen molar-refractivity contribution in [2.75, 3.05) is 24.6 Å². The maximum atomic E-state index is 14.3. The first-order valence-corrected chi connectivity index (χ1v) is 15.9. The van der Waals surface area contributed by atoms with E-state index in [0.717, 1.165) is 9.87 Å². The van der Waals surface area contributed by atoms with Crippen LogP contribution in [-0.2, 0) is 26.2 Å². The van der Waals surface area contributed by atoms with Crippen LogP contribution in [0.15, 0.2) is 77.7 Å². The summed E-state index contributed by atoms with van der Waals surface area (Å²) in [5.41, 5.74) is 0.368. The molecule has 9 nitrogen and oxygen atoms in total. The van der Waals surface area contributed by atoms with Gasteiger partial charge in [-0.3, -0.25) is 13.9 Å². The van der Waals surface area contributed by atoms with Crippen LogP contribution < -0.4 is 19.1 Å². The largest absolute Gasteiger partial charge is 0.497 e. The number of nitrogens with one attached hydrogen (secondary N) is 1. The van der Waals surface area contributed by atoms with Crippen LogP contribution in [-0.4, -0.2) is 57.0 Å². The predicted molar refractivity (Wildman–Crippen MR) is 169 cm³/mol. The second kappa shape index (κ2) is 14.6. The van der Waals surface area contributed by atoms with E-state index < -0.39 is 34.1 Å². The molecule has 0 aliphatic heterocycles. The first-order chi connectivity index (χ1) is 20.3. The molecule has 1 atom stereocenters. The second-order valence-corrected chi connectivity index (χ2v) is 13.2. The van der Waals surface area contributed by atoms with Gasteiger partial charge >= 0.3 is 0 Å². The zero-order chi connectivity index (χ0) is 31.8. The zero-order valence-corrected chi connectivity index (χ0v) is 27.0. The second-order valence-electron chi connectivity index (χ2n) is 10.9. The Kier molecular flexibility index (Phi) is 11.5. The lowest BCUT2D eigenvalue weighted by Crippen LogP contribution is -2.55. The van der Waals surface area contributed by atoms with Crippen molar-refractivity contribution < 1.29 is 27.5 Å². The number of hydrogen-bond donors (Lipinski definition) is 1. The van der Waals surface area contributed by atoms with Gasteiger partial charge in [-0.25, -0.2) is 8.42 Å². The molecular weight excluding hydrogens is 590 g/mol. The SMILES string of the molecule is CCOc1ccccc1N(CC(=O)N(Cc1cccc(OC)c1)C(CC)C(=O)NC(C)(C)C)S(=O)(=O)c1ccc(Cl)cc1. The van der Waals surface area contributed by atoms with Crippen molar-refractivity contribution in [3.63, 3.8) is 0 Å². The Morgan fingerprint density at radius 2 is 1.65 bits per heavy atom. The maximum absolute atomic E-state index is 14.3. The number of anilines is 1. The van der Waals surface area contributed by atoms with Crippen LogP contribution in [0.5, 0.6) is 11.5 Å². The number of carbonyl (C=O) groups excluding carboxylic acids is 2. The Hall–Kier alpha value is -3.76. The molecule has 0 aromatic heterocycles. The molecular formula is C32H40ClN3O6S. The third-order valence-electron chi connectivity index (χ3n) is 6.49. The maximum Gasteiger partial charge on any atom is 0.264 e. The monoisotopic (exact) mass is 629 g/mol. The Balaban J connectivity index is 2.13. The Bertz CT molecular complexity index is 1510. The van der Waals surface area contributed by atoms with E-state index in [2.05, 4.69) is 5.32 Å². The van der Waals surface area contributed by atoms with E-state index in [1.54, 1.807) is 56.5 Å². The quantitative estimate of drug-likeness (QED) is 0.261. The van der Waals surface area contributed by atoms with E-state index in [0.29, 0.717) is 22.9 Å². The Morgan fingerprint density at radius 1 is 0.977 bits per heavy atom. The van der Waals surface area contributed by atoms with Crippen molar-refractivity contribution in [3.05, 3.63) is 83.4 Å². The number of benzene rings is 3. The van der Waals surface area contributed by atoms with Gasteiger partial charge in [0.1, 0.15) is 24.1 Å². The highest BCUT2D eigenvalue weighted by Gasteiger charge is 2.35. The molecule has 0 bridgehead atoms. The molecule has 0 radical (unpaired) electrons. The summed E-state index contributed by atoms with van der Waals surface area (Å²) >= 11 is 6.04. The van der Waals surface area contributed by atoms with Gasteiger partial charge < -0.3 is 19.7 Å². The van der Waals surface area contributed by atoms with Gasteiger partial charge in [0.25, 0.3) is 10.0 Å². The van der Waals surface area contributed by atoms with E-state index in [1.165, 1.54) is 29.2 Å². The molecule has 3 rings (SSSR count). The fourth-order valence-electron chi connectivity index (χ4n) is 4.53. The summed E-state index contributed by atoms with van der Waals surface area (Å²) in [4.78, 5) is 29.2. The van der Waals surface area contributed by atoms with E-state index in [4.69, 9.17) is 21.1 Å². The van der Waals surface area contributed by atoms with Crippen molar-refractivity contribution in [1.82, 2.24) is 10.2 Å². The fraction of sp³-hybridized carbons (Fsp3) is 0.375. The number of carbonyl (C=O) groups is 2. The molecule has 0 spiro atoms. The average Bonchev–Trinajstić information content (AvgIpc) is 2.95. The van der Waals surface area contributed by atoms with Gasteiger partial charge in [-0.1, -0.05) is 42.8 Å². The van der Waals surface area contributed by atoms with Gasteiger partial charge in [-0.15, -0.1) is 0 Å². The number of methoxy groups -OCH3 is 1. The van der Waals surface area contributed by atoms with E-state index >= 15 is 0 Å². The number of rotatable bonds is 13. The van der Waals surface area contributed by atoms with Crippen LogP contribution in [0.25, 0.3) is 0 Å². The van der Waals surface area contributed by atoms with Crippen molar-refractivity contribution in [3.8, 4) is 11.5 Å². The summed E-state index contributed by atoms with van der Waals surface area (Å²) in [6.45, 7) is 8.92. The summed E-state index contributed by atoms with van der Waals surface area (Å²) in [6.07, 6.45) is 0.303. The van der Waals surface area contributed by atoms with Crippen LogP contribution in [0.4, 0.5) is 5.69 Å². The van der Waals surface area contributed by atoms with Crippen molar-refractivity contribution >= 4 is 39.1 Å². The van der Waals surface area contributed by atoms with Gasteiger partial charge in [0.2, 0.25) is 11.8 Å². The third-order valence-corrected chi connectivity index (χ3v) is 8.51. The minimum Gasteiger partial charge on any atom is -0.497 e. The number of nitrogens with zero attached hydrogens (tertiary/aromatic N) is 2. The minimum absolute atomic E-state index is 0.0483. The topological polar surface area (TPSA) is 105 Å². The van der Waals surface area contributed by atoms with Crippen LogP contribution in [0.1, 0.15) is 46.6 Å². The molecule has 43 heavy (non-hydrogen) atoms. The number of para-hydroxylation sites is 2. The fourth-order valence-corrected chi connectivity index (χ4v) is 6.08. The van der Waals surface area contributed by atoms with E-state index in [1.807, 2.05) is 33.8 Å². The van der Waals surface area contributed by atoms with Gasteiger partial charge in [-0.2, -0.15) is 0 Å². The number of amides is 2. The molecule has 2 amide bonds. The molecule has 3 aromatic carbocycles. The molecule has 0 saturated heterocycles. The minimum atomic E-state index is -4.28. The lowest BCUT2D eigenvalue weighted by atomic mass is 10.1. The summed E-state index contributed by atoms with van der Waals surface area (Å²) in [7, 11) is -2.73. The Labute approximate surface area is 259 Å². The smallest absolute Gasteiger partial charge is 0.264 e. The number of halogens is 1. The predicted octanol–water partition coefficient (Wildman–Crippen LogP) is 5.66. The van der Waals surface area contributed by atoms with Crippen LogP contribution in [0, 0.1) is 0 Å². The summed E-state index contributed by atoms with van der Waals surface area (Å²) in [5, 5.41) is 3.34. The number of ether oxygens (including phenoxy) is 2. The van der Waals surface area contributed by atoms with Gasteiger partial charge in [0.05, 0.1) is 24.3 Å². The van der Waals surface area contributed by atoms with E-state index in [9.17, 15) is 18.0 Å².